The lowest BCUT2D eigenvalue weighted by Gasteiger charge is -2.13. The summed E-state index contributed by atoms with van der Waals surface area (Å²) in [6.07, 6.45) is 2.19. The summed E-state index contributed by atoms with van der Waals surface area (Å²) in [6.45, 7) is 1.98. The summed E-state index contributed by atoms with van der Waals surface area (Å²) in [5.41, 5.74) is 0. The maximum absolute atomic E-state index is 9.83. The lowest BCUT2D eigenvalue weighted by Crippen LogP contribution is -2.10. The molecule has 0 saturated carbocycles. The van der Waals surface area contributed by atoms with Crippen LogP contribution in [0.5, 0.6) is 0 Å². The van der Waals surface area contributed by atoms with Gasteiger partial charge in [-0.2, -0.15) is 5.26 Å². The van der Waals surface area contributed by atoms with Gasteiger partial charge in [-0.1, -0.05) is 13.3 Å². The van der Waals surface area contributed by atoms with E-state index in [1.165, 1.54) is 6.26 Å². The van der Waals surface area contributed by atoms with Crippen LogP contribution in [0.25, 0.3) is 0 Å². The van der Waals surface area contributed by atoms with Gasteiger partial charge < -0.3 is 9.52 Å². The van der Waals surface area contributed by atoms with Gasteiger partial charge >= 0.3 is 0 Å². The molecule has 2 atom stereocenters. The minimum absolute atomic E-state index is 0.401. The normalized spacial score (nSPS) is 14.7. The Morgan fingerprint density at radius 3 is 2.86 bits per heavy atom. The van der Waals surface area contributed by atoms with Crippen LogP contribution in [0.3, 0.4) is 0 Å². The van der Waals surface area contributed by atoms with Crippen molar-refractivity contribution in [2.75, 3.05) is 0 Å². The van der Waals surface area contributed by atoms with E-state index >= 15 is 0 Å². The van der Waals surface area contributed by atoms with Gasteiger partial charge in [0.25, 0.3) is 0 Å². The maximum atomic E-state index is 9.83. The molecule has 1 heterocycles. The summed E-state index contributed by atoms with van der Waals surface area (Å²) in [7, 11) is 0. The van der Waals surface area contributed by atoms with Crippen molar-refractivity contribution in [3.8, 4) is 6.07 Å². The second-order valence-electron chi connectivity index (χ2n) is 3.10. The van der Waals surface area contributed by atoms with E-state index in [0.29, 0.717) is 16.7 Å². The van der Waals surface area contributed by atoms with Crippen molar-refractivity contribution in [3.05, 3.63) is 22.6 Å². The Labute approximate surface area is 91.5 Å². The van der Waals surface area contributed by atoms with Crippen molar-refractivity contribution in [2.24, 2.45) is 5.92 Å². The summed E-state index contributed by atoms with van der Waals surface area (Å²) < 4.78 is 5.82. The molecule has 0 aromatic carbocycles. The largest absolute Gasteiger partial charge is 0.465 e. The van der Waals surface area contributed by atoms with Crippen LogP contribution in [0, 0.1) is 17.2 Å². The highest BCUT2D eigenvalue weighted by atomic mass is 79.9. The molecule has 2 unspecified atom stereocenters. The number of halogens is 1. The molecule has 0 fully saturated rings. The molecule has 0 bridgehead atoms. The van der Waals surface area contributed by atoms with Gasteiger partial charge in [-0.3, -0.25) is 0 Å². The monoisotopic (exact) mass is 257 g/mol. The summed E-state index contributed by atoms with van der Waals surface area (Å²) >= 11 is 3.25. The van der Waals surface area contributed by atoms with Gasteiger partial charge in [-0.25, -0.2) is 0 Å². The van der Waals surface area contributed by atoms with Crippen LogP contribution in [-0.4, -0.2) is 5.11 Å². The number of nitriles is 1. The predicted molar refractivity (Wildman–Crippen MR) is 55.4 cm³/mol. The van der Waals surface area contributed by atoms with Gasteiger partial charge in [-0.05, 0) is 28.4 Å². The molecule has 3 nitrogen and oxygen atoms in total. The quantitative estimate of drug-likeness (QED) is 0.902. The molecule has 1 N–H and O–H groups in total. The molecule has 0 radical (unpaired) electrons. The van der Waals surface area contributed by atoms with Crippen molar-refractivity contribution in [3.63, 3.8) is 0 Å². The summed E-state index contributed by atoms with van der Waals surface area (Å²) in [5.74, 6) is 0.0347. The van der Waals surface area contributed by atoms with Crippen LogP contribution in [0.4, 0.5) is 0 Å². The van der Waals surface area contributed by atoms with Crippen molar-refractivity contribution in [1.82, 2.24) is 0 Å². The molecular weight excluding hydrogens is 246 g/mol. The zero-order valence-corrected chi connectivity index (χ0v) is 9.49. The van der Waals surface area contributed by atoms with Crippen molar-refractivity contribution < 1.29 is 9.52 Å². The van der Waals surface area contributed by atoms with Gasteiger partial charge in [0.15, 0.2) is 0 Å². The maximum Gasteiger partial charge on any atom is 0.147 e. The van der Waals surface area contributed by atoms with E-state index in [9.17, 15) is 5.11 Å². The topological polar surface area (TPSA) is 57.2 Å². The molecule has 1 aromatic rings. The Kier molecular flexibility index (Phi) is 4.18. The third kappa shape index (κ3) is 2.37. The van der Waals surface area contributed by atoms with E-state index in [-0.39, 0.29) is 0 Å². The van der Waals surface area contributed by atoms with Crippen LogP contribution in [0.15, 0.2) is 21.2 Å². The second-order valence-corrected chi connectivity index (χ2v) is 3.96. The lowest BCUT2D eigenvalue weighted by molar-refractivity contribution is 0.105. The Balaban J connectivity index is 2.78. The first-order valence-corrected chi connectivity index (χ1v) is 5.30. The van der Waals surface area contributed by atoms with E-state index in [0.717, 1.165) is 6.42 Å². The molecule has 0 aliphatic carbocycles. The average molecular weight is 258 g/mol. The molecule has 14 heavy (non-hydrogen) atoms. The van der Waals surface area contributed by atoms with Crippen LogP contribution in [0.1, 0.15) is 31.6 Å². The molecule has 1 aromatic heterocycles. The van der Waals surface area contributed by atoms with E-state index in [2.05, 4.69) is 22.0 Å². The predicted octanol–water partition coefficient (Wildman–Crippen LogP) is 3.02. The van der Waals surface area contributed by atoms with Crippen LogP contribution < -0.4 is 0 Å². The number of aliphatic hydroxyl groups excluding tert-OH is 1. The fourth-order valence-electron chi connectivity index (χ4n) is 1.30. The third-order valence-electron chi connectivity index (χ3n) is 2.06. The third-order valence-corrected chi connectivity index (χ3v) is 2.72. The molecule has 0 aliphatic rings. The molecular formula is C10H12BrNO2. The van der Waals surface area contributed by atoms with Gasteiger partial charge in [0.2, 0.25) is 0 Å². The minimum atomic E-state index is -0.843. The number of hydrogen-bond donors (Lipinski definition) is 1. The summed E-state index contributed by atoms with van der Waals surface area (Å²) in [6, 6.07) is 3.79. The average Bonchev–Trinajstić information content (AvgIpc) is 2.59. The minimum Gasteiger partial charge on any atom is -0.465 e. The lowest BCUT2D eigenvalue weighted by atomic mass is 9.97. The molecule has 4 heteroatoms. The Morgan fingerprint density at radius 2 is 2.43 bits per heavy atom. The molecule has 0 spiro atoms. The number of aliphatic hydroxyl groups is 1. The standard InChI is InChI=1S/C10H12BrNO2/c1-2-3-7(6-12)9(13)10-8(11)4-5-14-10/h4-5,7,9,13H,2-3H2,1H3. The fraction of sp³-hybridized carbons (Fsp3) is 0.500. The SMILES string of the molecule is CCCC(C#N)C(O)c1occc1Br. The molecule has 0 amide bonds. The Hall–Kier alpha value is -0.790. The first kappa shape index (κ1) is 11.3. The van der Waals surface area contributed by atoms with Gasteiger partial charge in [0, 0.05) is 0 Å². The van der Waals surface area contributed by atoms with Crippen molar-refractivity contribution in [2.45, 2.75) is 25.9 Å². The van der Waals surface area contributed by atoms with E-state index in [1.54, 1.807) is 6.07 Å². The molecule has 0 saturated heterocycles. The number of nitrogens with zero attached hydrogens (tertiary/aromatic N) is 1. The van der Waals surface area contributed by atoms with E-state index in [1.807, 2.05) is 6.92 Å². The van der Waals surface area contributed by atoms with Crippen LogP contribution >= 0.6 is 15.9 Å². The van der Waals surface area contributed by atoms with Crippen LogP contribution in [0.2, 0.25) is 0 Å². The first-order chi connectivity index (χ1) is 6.70. The fourth-order valence-corrected chi connectivity index (χ4v) is 1.74. The van der Waals surface area contributed by atoms with E-state index in [4.69, 9.17) is 9.68 Å². The molecule has 76 valence electrons. The number of furan rings is 1. The zero-order chi connectivity index (χ0) is 10.6. The summed E-state index contributed by atoms with van der Waals surface area (Å²) in [5, 5.41) is 18.7. The highest BCUT2D eigenvalue weighted by molar-refractivity contribution is 9.10. The summed E-state index contributed by atoms with van der Waals surface area (Å²) in [4.78, 5) is 0. The van der Waals surface area contributed by atoms with Crippen molar-refractivity contribution in [1.29, 1.82) is 5.26 Å². The highest BCUT2D eigenvalue weighted by Gasteiger charge is 2.24. The smallest absolute Gasteiger partial charge is 0.147 e. The van der Waals surface area contributed by atoms with Gasteiger partial charge in [0.1, 0.15) is 11.9 Å². The van der Waals surface area contributed by atoms with Gasteiger partial charge in [-0.15, -0.1) is 0 Å². The molecule has 0 aliphatic heterocycles. The Morgan fingerprint density at radius 1 is 1.71 bits per heavy atom. The highest BCUT2D eigenvalue weighted by Crippen LogP contribution is 2.31. The first-order valence-electron chi connectivity index (χ1n) is 4.51. The number of hydrogen-bond acceptors (Lipinski definition) is 3. The number of rotatable bonds is 4. The van der Waals surface area contributed by atoms with Crippen molar-refractivity contribution >= 4 is 15.9 Å². The molecule has 1 rings (SSSR count). The van der Waals surface area contributed by atoms with Crippen LogP contribution in [-0.2, 0) is 0 Å². The zero-order valence-electron chi connectivity index (χ0n) is 7.90. The Bertz CT molecular complexity index is 329. The van der Waals surface area contributed by atoms with Gasteiger partial charge in [0.05, 0.1) is 22.7 Å². The van der Waals surface area contributed by atoms with E-state index < -0.39 is 12.0 Å². The second kappa shape index (κ2) is 5.18.